The summed E-state index contributed by atoms with van der Waals surface area (Å²) in [7, 11) is 0. The van der Waals surface area contributed by atoms with Gasteiger partial charge in [-0.3, -0.25) is 0 Å². The molecular weight excluding hydrogens is 196 g/mol. The standard InChI is InChI=1S/C14H22N2/c1-12-7-3-4-8-13(12)16-14(11-15)9-5-2-6-10-14/h3-4,7-8,16H,2,5-6,9-11,15H2,1H3. The quantitative estimate of drug-likeness (QED) is 0.818. The molecule has 0 bridgehead atoms. The second kappa shape index (κ2) is 4.88. The van der Waals surface area contributed by atoms with Crippen LogP contribution in [0.15, 0.2) is 24.3 Å². The number of benzene rings is 1. The average molecular weight is 218 g/mol. The maximum Gasteiger partial charge on any atom is 0.0495 e. The first-order valence-corrected chi connectivity index (χ1v) is 6.30. The van der Waals surface area contributed by atoms with Crippen LogP contribution in [0.2, 0.25) is 0 Å². The van der Waals surface area contributed by atoms with Crippen molar-refractivity contribution >= 4 is 5.69 Å². The molecule has 1 aliphatic rings. The zero-order valence-corrected chi connectivity index (χ0v) is 10.1. The van der Waals surface area contributed by atoms with E-state index >= 15 is 0 Å². The van der Waals surface area contributed by atoms with Crippen LogP contribution in [0.4, 0.5) is 5.69 Å². The number of nitrogens with two attached hydrogens (primary N) is 1. The monoisotopic (exact) mass is 218 g/mol. The number of aryl methyl sites for hydroxylation is 1. The minimum absolute atomic E-state index is 0.143. The van der Waals surface area contributed by atoms with Crippen LogP contribution in [0.3, 0.4) is 0 Å². The fourth-order valence-electron chi connectivity index (χ4n) is 2.61. The smallest absolute Gasteiger partial charge is 0.0495 e. The van der Waals surface area contributed by atoms with Gasteiger partial charge in [0.2, 0.25) is 0 Å². The van der Waals surface area contributed by atoms with Gasteiger partial charge in [0.05, 0.1) is 0 Å². The van der Waals surface area contributed by atoms with E-state index in [0.717, 1.165) is 6.54 Å². The van der Waals surface area contributed by atoms with Gasteiger partial charge in [-0.2, -0.15) is 0 Å². The zero-order valence-electron chi connectivity index (χ0n) is 10.1. The molecule has 0 radical (unpaired) electrons. The Morgan fingerprint density at radius 3 is 2.50 bits per heavy atom. The van der Waals surface area contributed by atoms with E-state index in [1.54, 1.807) is 0 Å². The van der Waals surface area contributed by atoms with Gasteiger partial charge in [0.1, 0.15) is 0 Å². The molecule has 1 fully saturated rings. The molecule has 0 spiro atoms. The predicted molar refractivity (Wildman–Crippen MR) is 69.7 cm³/mol. The van der Waals surface area contributed by atoms with E-state index in [4.69, 9.17) is 5.73 Å². The second-order valence-corrected chi connectivity index (χ2v) is 4.99. The lowest BCUT2D eigenvalue weighted by atomic mass is 9.81. The van der Waals surface area contributed by atoms with Gasteiger partial charge in [0, 0.05) is 17.8 Å². The maximum absolute atomic E-state index is 5.97. The largest absolute Gasteiger partial charge is 0.378 e. The molecule has 1 saturated carbocycles. The van der Waals surface area contributed by atoms with E-state index in [1.807, 2.05) is 0 Å². The Balaban J connectivity index is 2.15. The first kappa shape index (κ1) is 11.5. The van der Waals surface area contributed by atoms with Gasteiger partial charge in [0.25, 0.3) is 0 Å². The van der Waals surface area contributed by atoms with Crippen LogP contribution in [-0.4, -0.2) is 12.1 Å². The van der Waals surface area contributed by atoms with Crippen molar-refractivity contribution in [2.45, 2.75) is 44.6 Å². The lowest BCUT2D eigenvalue weighted by Crippen LogP contribution is -2.47. The minimum atomic E-state index is 0.143. The van der Waals surface area contributed by atoms with Crippen molar-refractivity contribution in [2.75, 3.05) is 11.9 Å². The third-order valence-corrected chi connectivity index (χ3v) is 3.75. The van der Waals surface area contributed by atoms with Crippen LogP contribution in [0, 0.1) is 6.92 Å². The zero-order chi connectivity index (χ0) is 11.4. The average Bonchev–Trinajstić information content (AvgIpc) is 2.33. The van der Waals surface area contributed by atoms with Crippen molar-refractivity contribution < 1.29 is 0 Å². The predicted octanol–water partition coefficient (Wildman–Crippen LogP) is 3.07. The van der Waals surface area contributed by atoms with Crippen molar-refractivity contribution in [1.82, 2.24) is 0 Å². The number of rotatable bonds is 3. The number of para-hydroxylation sites is 1. The van der Waals surface area contributed by atoms with E-state index in [2.05, 4.69) is 36.5 Å². The molecule has 0 aliphatic heterocycles. The molecule has 1 aromatic carbocycles. The van der Waals surface area contributed by atoms with Crippen LogP contribution in [0.1, 0.15) is 37.7 Å². The van der Waals surface area contributed by atoms with E-state index in [1.165, 1.54) is 43.4 Å². The summed E-state index contributed by atoms with van der Waals surface area (Å²) in [5.41, 5.74) is 8.67. The minimum Gasteiger partial charge on any atom is -0.378 e. The van der Waals surface area contributed by atoms with Gasteiger partial charge < -0.3 is 11.1 Å². The van der Waals surface area contributed by atoms with Crippen molar-refractivity contribution in [3.8, 4) is 0 Å². The molecule has 0 atom stereocenters. The van der Waals surface area contributed by atoms with Gasteiger partial charge in [-0.05, 0) is 31.4 Å². The molecule has 0 unspecified atom stereocenters. The SMILES string of the molecule is Cc1ccccc1NC1(CN)CCCCC1. The van der Waals surface area contributed by atoms with Gasteiger partial charge >= 0.3 is 0 Å². The summed E-state index contributed by atoms with van der Waals surface area (Å²) in [5.74, 6) is 0. The summed E-state index contributed by atoms with van der Waals surface area (Å²) in [6, 6.07) is 8.47. The Kier molecular flexibility index (Phi) is 3.49. The van der Waals surface area contributed by atoms with Crippen LogP contribution in [0.25, 0.3) is 0 Å². The molecule has 16 heavy (non-hydrogen) atoms. The van der Waals surface area contributed by atoms with Crippen LogP contribution in [0.5, 0.6) is 0 Å². The number of nitrogens with one attached hydrogen (secondary N) is 1. The summed E-state index contributed by atoms with van der Waals surface area (Å²) in [5, 5.41) is 3.69. The third-order valence-electron chi connectivity index (χ3n) is 3.75. The van der Waals surface area contributed by atoms with Crippen molar-refractivity contribution in [3.05, 3.63) is 29.8 Å². The highest BCUT2D eigenvalue weighted by Gasteiger charge is 2.30. The first-order chi connectivity index (χ1) is 7.76. The van der Waals surface area contributed by atoms with Crippen molar-refractivity contribution in [1.29, 1.82) is 0 Å². The highest BCUT2D eigenvalue weighted by Crippen LogP contribution is 2.31. The lowest BCUT2D eigenvalue weighted by Gasteiger charge is -2.38. The first-order valence-electron chi connectivity index (χ1n) is 6.30. The summed E-state index contributed by atoms with van der Waals surface area (Å²) in [4.78, 5) is 0. The summed E-state index contributed by atoms with van der Waals surface area (Å²) >= 11 is 0. The van der Waals surface area contributed by atoms with Crippen LogP contribution in [-0.2, 0) is 0 Å². The van der Waals surface area contributed by atoms with Gasteiger partial charge in [-0.25, -0.2) is 0 Å². The molecule has 2 rings (SSSR count). The topological polar surface area (TPSA) is 38.0 Å². The summed E-state index contributed by atoms with van der Waals surface area (Å²) in [6.07, 6.45) is 6.37. The Bertz CT molecular complexity index is 340. The van der Waals surface area contributed by atoms with Gasteiger partial charge in [0.15, 0.2) is 0 Å². The highest BCUT2D eigenvalue weighted by atomic mass is 15.0. The number of hydrogen-bond acceptors (Lipinski definition) is 2. The molecule has 0 saturated heterocycles. The number of anilines is 1. The molecule has 1 aliphatic carbocycles. The normalized spacial score (nSPS) is 19.4. The fourth-order valence-corrected chi connectivity index (χ4v) is 2.61. The molecule has 2 nitrogen and oxygen atoms in total. The van der Waals surface area contributed by atoms with Crippen LogP contribution >= 0.6 is 0 Å². The third kappa shape index (κ3) is 2.38. The molecule has 0 heterocycles. The second-order valence-electron chi connectivity index (χ2n) is 4.99. The maximum atomic E-state index is 5.97. The van der Waals surface area contributed by atoms with Crippen molar-refractivity contribution in [2.24, 2.45) is 5.73 Å². The summed E-state index contributed by atoms with van der Waals surface area (Å²) in [6.45, 7) is 2.89. The van der Waals surface area contributed by atoms with Gasteiger partial charge in [-0.15, -0.1) is 0 Å². The van der Waals surface area contributed by atoms with Crippen LogP contribution < -0.4 is 11.1 Å². The molecule has 0 aromatic heterocycles. The molecule has 88 valence electrons. The molecule has 1 aromatic rings. The van der Waals surface area contributed by atoms with E-state index < -0.39 is 0 Å². The number of hydrogen-bond donors (Lipinski definition) is 2. The Morgan fingerprint density at radius 1 is 1.19 bits per heavy atom. The van der Waals surface area contributed by atoms with Crippen molar-refractivity contribution in [3.63, 3.8) is 0 Å². The van der Waals surface area contributed by atoms with E-state index in [9.17, 15) is 0 Å². The van der Waals surface area contributed by atoms with E-state index in [0.29, 0.717) is 0 Å². The van der Waals surface area contributed by atoms with Gasteiger partial charge in [-0.1, -0.05) is 37.5 Å². The Hall–Kier alpha value is -1.02. The Morgan fingerprint density at radius 2 is 1.88 bits per heavy atom. The molecule has 3 N–H and O–H groups in total. The van der Waals surface area contributed by atoms with E-state index in [-0.39, 0.29) is 5.54 Å². The lowest BCUT2D eigenvalue weighted by molar-refractivity contribution is 0.331. The highest BCUT2D eigenvalue weighted by molar-refractivity contribution is 5.52. The molecular formula is C14H22N2. The Labute approximate surface area is 98.2 Å². The summed E-state index contributed by atoms with van der Waals surface area (Å²) < 4.78 is 0. The molecule has 2 heteroatoms. The molecule has 0 amide bonds. The fraction of sp³-hybridized carbons (Fsp3) is 0.571.